The van der Waals surface area contributed by atoms with Gasteiger partial charge in [0.1, 0.15) is 0 Å². The van der Waals surface area contributed by atoms with Crippen LogP contribution < -0.4 is 11.3 Å². The Morgan fingerprint density at radius 1 is 1.69 bits per heavy atom. The highest BCUT2D eigenvalue weighted by molar-refractivity contribution is 7.09. The van der Waals surface area contributed by atoms with E-state index < -0.39 is 0 Å². The van der Waals surface area contributed by atoms with Crippen molar-refractivity contribution in [1.82, 2.24) is 10.4 Å². The Kier molecular flexibility index (Phi) is 3.93. The SMILES string of the molecule is Cc1nc(CC(NN)C2=COCCC2)cs1. The van der Waals surface area contributed by atoms with Crippen LogP contribution in [0.5, 0.6) is 0 Å². The Balaban J connectivity index is 2.02. The predicted molar refractivity (Wildman–Crippen MR) is 64.9 cm³/mol. The number of thiazole rings is 1. The molecule has 5 heteroatoms. The number of rotatable bonds is 4. The average Bonchev–Trinajstić information content (AvgIpc) is 2.73. The topological polar surface area (TPSA) is 60.2 Å². The van der Waals surface area contributed by atoms with E-state index >= 15 is 0 Å². The third-order valence-electron chi connectivity index (χ3n) is 2.69. The lowest BCUT2D eigenvalue weighted by atomic mass is 9.99. The average molecular weight is 239 g/mol. The molecule has 0 aromatic carbocycles. The summed E-state index contributed by atoms with van der Waals surface area (Å²) in [6.07, 6.45) is 4.79. The molecule has 0 fully saturated rings. The Labute approximate surface area is 99.5 Å². The van der Waals surface area contributed by atoms with E-state index in [9.17, 15) is 0 Å². The van der Waals surface area contributed by atoms with Crippen molar-refractivity contribution in [3.63, 3.8) is 0 Å². The molecule has 1 atom stereocenters. The molecule has 0 saturated heterocycles. The zero-order chi connectivity index (χ0) is 11.4. The molecule has 1 unspecified atom stereocenters. The van der Waals surface area contributed by atoms with E-state index in [1.165, 1.54) is 5.57 Å². The van der Waals surface area contributed by atoms with E-state index in [2.05, 4.69) is 15.8 Å². The van der Waals surface area contributed by atoms with Crippen molar-refractivity contribution in [3.05, 3.63) is 27.9 Å². The van der Waals surface area contributed by atoms with Gasteiger partial charge in [-0.15, -0.1) is 11.3 Å². The molecule has 2 heterocycles. The molecule has 3 N–H and O–H groups in total. The number of ether oxygens (including phenoxy) is 1. The number of aryl methyl sites for hydroxylation is 1. The number of hydrazine groups is 1. The number of hydrogen-bond donors (Lipinski definition) is 2. The molecule has 0 amide bonds. The van der Waals surface area contributed by atoms with Crippen LogP contribution in [0.2, 0.25) is 0 Å². The van der Waals surface area contributed by atoms with E-state index in [4.69, 9.17) is 10.6 Å². The Morgan fingerprint density at radius 2 is 2.56 bits per heavy atom. The maximum atomic E-state index is 5.59. The summed E-state index contributed by atoms with van der Waals surface area (Å²) in [5.74, 6) is 5.59. The van der Waals surface area contributed by atoms with E-state index in [0.717, 1.165) is 36.6 Å². The van der Waals surface area contributed by atoms with Gasteiger partial charge in [-0.1, -0.05) is 0 Å². The highest BCUT2D eigenvalue weighted by atomic mass is 32.1. The summed E-state index contributed by atoms with van der Waals surface area (Å²) in [5, 5.41) is 3.18. The summed E-state index contributed by atoms with van der Waals surface area (Å²) in [7, 11) is 0. The van der Waals surface area contributed by atoms with Crippen molar-refractivity contribution < 1.29 is 4.74 Å². The third kappa shape index (κ3) is 2.81. The van der Waals surface area contributed by atoms with Gasteiger partial charge in [0.2, 0.25) is 0 Å². The second-order valence-corrected chi connectivity index (χ2v) is 5.01. The molecular weight excluding hydrogens is 222 g/mol. The van der Waals surface area contributed by atoms with Crippen molar-refractivity contribution in [3.8, 4) is 0 Å². The van der Waals surface area contributed by atoms with Gasteiger partial charge in [-0.25, -0.2) is 4.98 Å². The van der Waals surface area contributed by atoms with E-state index in [0.29, 0.717) is 0 Å². The first-order chi connectivity index (χ1) is 7.79. The van der Waals surface area contributed by atoms with Gasteiger partial charge in [-0.05, 0) is 25.3 Å². The number of aromatic nitrogens is 1. The van der Waals surface area contributed by atoms with Crippen molar-refractivity contribution in [2.75, 3.05) is 6.61 Å². The quantitative estimate of drug-likeness (QED) is 0.618. The number of hydrogen-bond acceptors (Lipinski definition) is 5. The molecule has 1 aliphatic heterocycles. The lowest BCUT2D eigenvalue weighted by molar-refractivity contribution is 0.219. The highest BCUT2D eigenvalue weighted by Gasteiger charge is 2.17. The fourth-order valence-electron chi connectivity index (χ4n) is 1.85. The van der Waals surface area contributed by atoms with Crippen LogP contribution >= 0.6 is 11.3 Å². The monoisotopic (exact) mass is 239 g/mol. The molecular formula is C11H17N3OS. The van der Waals surface area contributed by atoms with Gasteiger partial charge in [-0.2, -0.15) is 0 Å². The Hall–Kier alpha value is -0.910. The first-order valence-corrected chi connectivity index (χ1v) is 6.35. The van der Waals surface area contributed by atoms with Gasteiger partial charge in [0, 0.05) is 11.8 Å². The largest absolute Gasteiger partial charge is 0.501 e. The molecule has 2 rings (SSSR count). The fraction of sp³-hybridized carbons (Fsp3) is 0.545. The van der Waals surface area contributed by atoms with Crippen molar-refractivity contribution >= 4 is 11.3 Å². The highest BCUT2D eigenvalue weighted by Crippen LogP contribution is 2.19. The molecule has 0 bridgehead atoms. The summed E-state index contributed by atoms with van der Waals surface area (Å²) in [4.78, 5) is 4.45. The summed E-state index contributed by atoms with van der Waals surface area (Å²) in [6.45, 7) is 2.83. The Morgan fingerprint density at radius 3 is 3.12 bits per heavy atom. The van der Waals surface area contributed by atoms with Crippen molar-refractivity contribution in [2.45, 2.75) is 32.2 Å². The summed E-state index contributed by atoms with van der Waals surface area (Å²) < 4.78 is 5.33. The lowest BCUT2D eigenvalue weighted by Gasteiger charge is -2.21. The van der Waals surface area contributed by atoms with E-state index in [-0.39, 0.29) is 6.04 Å². The van der Waals surface area contributed by atoms with Gasteiger partial charge >= 0.3 is 0 Å². The standard InChI is InChI=1S/C11H17N3OS/c1-8-13-10(7-16-8)5-11(14-12)9-3-2-4-15-6-9/h6-7,11,14H,2-5,12H2,1H3. The zero-order valence-electron chi connectivity index (χ0n) is 9.40. The second kappa shape index (κ2) is 5.43. The predicted octanol–water partition coefficient (Wildman–Crippen LogP) is 1.52. The maximum absolute atomic E-state index is 5.59. The van der Waals surface area contributed by atoms with Crippen LogP contribution in [-0.2, 0) is 11.2 Å². The molecule has 0 radical (unpaired) electrons. The molecule has 88 valence electrons. The normalized spacial score (nSPS) is 17.8. The first kappa shape index (κ1) is 11.6. The fourth-order valence-corrected chi connectivity index (χ4v) is 2.47. The van der Waals surface area contributed by atoms with Crippen LogP contribution in [0, 0.1) is 6.92 Å². The molecule has 16 heavy (non-hydrogen) atoms. The van der Waals surface area contributed by atoms with E-state index in [1.807, 2.05) is 13.2 Å². The third-order valence-corrected chi connectivity index (χ3v) is 3.51. The summed E-state index contributed by atoms with van der Waals surface area (Å²) >= 11 is 1.67. The van der Waals surface area contributed by atoms with Crippen LogP contribution in [0.3, 0.4) is 0 Å². The lowest BCUT2D eigenvalue weighted by Crippen LogP contribution is -2.39. The van der Waals surface area contributed by atoms with Gasteiger partial charge in [0.05, 0.1) is 29.6 Å². The number of nitrogens with zero attached hydrogens (tertiary/aromatic N) is 1. The van der Waals surface area contributed by atoms with Gasteiger partial charge < -0.3 is 4.74 Å². The zero-order valence-corrected chi connectivity index (χ0v) is 10.2. The molecule has 0 spiro atoms. The minimum atomic E-state index is 0.141. The van der Waals surface area contributed by atoms with E-state index in [1.54, 1.807) is 11.3 Å². The smallest absolute Gasteiger partial charge is 0.0897 e. The molecule has 4 nitrogen and oxygen atoms in total. The van der Waals surface area contributed by atoms with Crippen LogP contribution in [-0.4, -0.2) is 17.6 Å². The number of nitrogens with one attached hydrogen (secondary N) is 1. The minimum absolute atomic E-state index is 0.141. The van der Waals surface area contributed by atoms with Crippen LogP contribution in [0.4, 0.5) is 0 Å². The first-order valence-electron chi connectivity index (χ1n) is 5.47. The molecule has 1 aliphatic rings. The summed E-state index contributed by atoms with van der Waals surface area (Å²) in [5.41, 5.74) is 5.18. The van der Waals surface area contributed by atoms with Crippen molar-refractivity contribution in [1.29, 1.82) is 0 Å². The van der Waals surface area contributed by atoms with Crippen LogP contribution in [0.15, 0.2) is 17.2 Å². The van der Waals surface area contributed by atoms with Gasteiger partial charge in [0.25, 0.3) is 0 Å². The molecule has 1 aromatic rings. The summed E-state index contributed by atoms with van der Waals surface area (Å²) in [6, 6.07) is 0.141. The van der Waals surface area contributed by atoms with Crippen LogP contribution in [0.25, 0.3) is 0 Å². The van der Waals surface area contributed by atoms with Crippen molar-refractivity contribution in [2.24, 2.45) is 5.84 Å². The minimum Gasteiger partial charge on any atom is -0.501 e. The Bertz CT molecular complexity index is 375. The second-order valence-electron chi connectivity index (χ2n) is 3.95. The number of nitrogens with two attached hydrogens (primary N) is 1. The van der Waals surface area contributed by atoms with Crippen LogP contribution in [0.1, 0.15) is 23.5 Å². The van der Waals surface area contributed by atoms with Gasteiger partial charge in [0.15, 0.2) is 0 Å². The molecule has 0 aliphatic carbocycles. The maximum Gasteiger partial charge on any atom is 0.0897 e. The van der Waals surface area contributed by atoms with Gasteiger partial charge in [-0.3, -0.25) is 11.3 Å². The molecule has 1 aromatic heterocycles. The molecule has 0 saturated carbocycles.